The van der Waals surface area contributed by atoms with Crippen LogP contribution in [0.3, 0.4) is 0 Å². The number of nitrogens with one attached hydrogen (secondary N) is 1. The van der Waals surface area contributed by atoms with Crippen LogP contribution in [0.25, 0.3) is 0 Å². The highest BCUT2D eigenvalue weighted by atomic mass is 19.4. The summed E-state index contributed by atoms with van der Waals surface area (Å²) in [6, 6.07) is 5.54. The van der Waals surface area contributed by atoms with Crippen LogP contribution < -0.4 is 5.32 Å². The van der Waals surface area contributed by atoms with E-state index in [0.29, 0.717) is 11.9 Å². The minimum absolute atomic E-state index is 0.257. The Hall–Kier alpha value is -2.11. The summed E-state index contributed by atoms with van der Waals surface area (Å²) in [4.78, 5) is 3.91. The lowest BCUT2D eigenvalue weighted by Gasteiger charge is -2.11. The van der Waals surface area contributed by atoms with E-state index >= 15 is 0 Å². The Labute approximate surface area is 107 Å². The molecule has 6 heteroatoms. The first-order valence-electron chi connectivity index (χ1n) is 5.43. The normalized spacial score (nSPS) is 11.4. The molecule has 0 aliphatic rings. The summed E-state index contributed by atoms with van der Waals surface area (Å²) < 4.78 is 51.1. The van der Waals surface area contributed by atoms with Gasteiger partial charge in [0, 0.05) is 6.20 Å². The number of pyridine rings is 1. The van der Waals surface area contributed by atoms with Gasteiger partial charge in [-0.3, -0.25) is 0 Å². The maximum Gasteiger partial charge on any atom is 0.416 e. The summed E-state index contributed by atoms with van der Waals surface area (Å²) in [5, 5.41) is 2.54. The Morgan fingerprint density at radius 2 is 1.84 bits per heavy atom. The molecule has 2 rings (SSSR count). The van der Waals surface area contributed by atoms with Crippen molar-refractivity contribution in [1.29, 1.82) is 0 Å². The molecule has 2 nitrogen and oxygen atoms in total. The van der Waals surface area contributed by atoms with Crippen LogP contribution in [0, 0.1) is 12.7 Å². The van der Waals surface area contributed by atoms with E-state index < -0.39 is 17.6 Å². The van der Waals surface area contributed by atoms with E-state index in [1.807, 2.05) is 0 Å². The summed E-state index contributed by atoms with van der Waals surface area (Å²) >= 11 is 0. The smallest absolute Gasteiger partial charge is 0.338 e. The average Bonchev–Trinajstić information content (AvgIpc) is 2.30. The number of aromatic nitrogens is 1. The highest BCUT2D eigenvalue weighted by Gasteiger charge is 2.31. The highest BCUT2D eigenvalue weighted by Crippen LogP contribution is 2.32. The number of alkyl halides is 3. The number of nitrogens with zero attached hydrogens (tertiary/aromatic N) is 1. The van der Waals surface area contributed by atoms with Gasteiger partial charge in [-0.1, -0.05) is 0 Å². The zero-order valence-corrected chi connectivity index (χ0v) is 9.92. The number of hydrogen-bond donors (Lipinski definition) is 1. The molecule has 0 fully saturated rings. The van der Waals surface area contributed by atoms with Crippen molar-refractivity contribution in [2.75, 3.05) is 5.32 Å². The van der Waals surface area contributed by atoms with Gasteiger partial charge in [0.1, 0.15) is 11.6 Å². The van der Waals surface area contributed by atoms with Crippen LogP contribution in [0.4, 0.5) is 29.1 Å². The second kappa shape index (κ2) is 4.87. The van der Waals surface area contributed by atoms with Gasteiger partial charge in [-0.25, -0.2) is 9.37 Å². The first-order valence-corrected chi connectivity index (χ1v) is 5.43. The molecule has 100 valence electrons. The number of hydrogen-bond acceptors (Lipinski definition) is 2. The summed E-state index contributed by atoms with van der Waals surface area (Å²) in [7, 11) is 0. The zero-order chi connectivity index (χ0) is 14.0. The Kier molecular flexibility index (Phi) is 3.42. The van der Waals surface area contributed by atoms with Crippen LogP contribution in [0.2, 0.25) is 0 Å². The Morgan fingerprint density at radius 1 is 1.11 bits per heavy atom. The van der Waals surface area contributed by atoms with Gasteiger partial charge in [0.05, 0.1) is 11.3 Å². The second-order valence-corrected chi connectivity index (χ2v) is 4.04. The minimum atomic E-state index is -4.51. The molecule has 0 unspecified atom stereocenters. The van der Waals surface area contributed by atoms with Crippen molar-refractivity contribution in [1.82, 2.24) is 4.98 Å². The van der Waals surface area contributed by atoms with E-state index in [0.717, 1.165) is 17.7 Å². The number of halogens is 4. The van der Waals surface area contributed by atoms with E-state index in [-0.39, 0.29) is 5.69 Å². The van der Waals surface area contributed by atoms with E-state index in [1.54, 1.807) is 19.1 Å². The minimum Gasteiger partial charge on any atom is -0.338 e. The first kappa shape index (κ1) is 13.3. The fraction of sp³-hybridized carbons (Fsp3) is 0.154. The number of rotatable bonds is 2. The quantitative estimate of drug-likeness (QED) is 0.823. The van der Waals surface area contributed by atoms with Gasteiger partial charge in [0.2, 0.25) is 0 Å². The molecule has 1 aromatic carbocycles. The van der Waals surface area contributed by atoms with E-state index in [4.69, 9.17) is 0 Å². The molecule has 1 N–H and O–H groups in total. The predicted octanol–water partition coefficient (Wildman–Crippen LogP) is 4.29. The molecule has 2 aromatic rings. The van der Waals surface area contributed by atoms with E-state index in [1.165, 1.54) is 6.20 Å². The van der Waals surface area contributed by atoms with Gasteiger partial charge >= 0.3 is 6.18 Å². The van der Waals surface area contributed by atoms with Crippen molar-refractivity contribution in [3.8, 4) is 0 Å². The Bertz CT molecular complexity index is 593. The molecule has 0 spiro atoms. The summed E-state index contributed by atoms with van der Waals surface area (Å²) in [6.45, 7) is 1.80. The van der Waals surface area contributed by atoms with Crippen molar-refractivity contribution in [3.63, 3.8) is 0 Å². The van der Waals surface area contributed by atoms with Crippen LogP contribution in [0.15, 0.2) is 36.5 Å². The SMILES string of the molecule is Cc1ccnc(Nc2cc(C(F)(F)F)ccc2F)c1. The lowest BCUT2D eigenvalue weighted by Crippen LogP contribution is -2.06. The molecule has 0 atom stereocenters. The topological polar surface area (TPSA) is 24.9 Å². The Morgan fingerprint density at radius 3 is 2.47 bits per heavy atom. The molecule has 1 aromatic heterocycles. The van der Waals surface area contributed by atoms with Gasteiger partial charge in [0.25, 0.3) is 0 Å². The maximum absolute atomic E-state index is 13.5. The van der Waals surface area contributed by atoms with E-state index in [9.17, 15) is 17.6 Å². The average molecular weight is 270 g/mol. The molecule has 0 aliphatic carbocycles. The molecule has 0 aliphatic heterocycles. The van der Waals surface area contributed by atoms with Crippen LogP contribution >= 0.6 is 0 Å². The monoisotopic (exact) mass is 270 g/mol. The van der Waals surface area contributed by atoms with Crippen LogP contribution in [0.1, 0.15) is 11.1 Å². The van der Waals surface area contributed by atoms with Gasteiger partial charge in [0.15, 0.2) is 0 Å². The lowest BCUT2D eigenvalue weighted by molar-refractivity contribution is -0.137. The third kappa shape index (κ3) is 3.21. The molecular weight excluding hydrogens is 260 g/mol. The molecule has 0 radical (unpaired) electrons. The maximum atomic E-state index is 13.5. The third-order valence-corrected chi connectivity index (χ3v) is 2.47. The van der Waals surface area contributed by atoms with Crippen LogP contribution in [0.5, 0.6) is 0 Å². The zero-order valence-electron chi connectivity index (χ0n) is 9.92. The molecule has 0 bridgehead atoms. The number of benzene rings is 1. The summed E-state index contributed by atoms with van der Waals surface area (Å²) in [5.74, 6) is -0.477. The molecule has 0 saturated heterocycles. The van der Waals surface area contributed by atoms with E-state index in [2.05, 4.69) is 10.3 Å². The number of anilines is 2. The standard InChI is InChI=1S/C13H10F4N2/c1-8-4-5-18-12(6-8)19-11-7-9(13(15,16)17)2-3-10(11)14/h2-7H,1H3,(H,18,19). The molecule has 1 heterocycles. The van der Waals surface area contributed by atoms with Gasteiger partial charge in [-0.05, 0) is 42.8 Å². The Balaban J connectivity index is 2.34. The summed E-state index contributed by atoms with van der Waals surface area (Å²) in [6.07, 6.45) is -3.02. The highest BCUT2D eigenvalue weighted by molar-refractivity contribution is 5.58. The molecule has 0 saturated carbocycles. The summed E-state index contributed by atoms with van der Waals surface area (Å²) in [5.41, 5.74) is -0.304. The van der Waals surface area contributed by atoms with Crippen LogP contribution in [-0.4, -0.2) is 4.98 Å². The fourth-order valence-electron chi connectivity index (χ4n) is 1.54. The van der Waals surface area contributed by atoms with Crippen molar-refractivity contribution >= 4 is 11.5 Å². The van der Waals surface area contributed by atoms with Gasteiger partial charge in [-0.2, -0.15) is 13.2 Å². The number of aryl methyl sites for hydroxylation is 1. The van der Waals surface area contributed by atoms with Crippen molar-refractivity contribution in [2.45, 2.75) is 13.1 Å². The second-order valence-electron chi connectivity index (χ2n) is 4.04. The molecule has 0 amide bonds. The first-order chi connectivity index (χ1) is 8.86. The third-order valence-electron chi connectivity index (χ3n) is 2.47. The van der Waals surface area contributed by atoms with Gasteiger partial charge in [-0.15, -0.1) is 0 Å². The predicted molar refractivity (Wildman–Crippen MR) is 63.7 cm³/mol. The van der Waals surface area contributed by atoms with Crippen molar-refractivity contribution in [2.24, 2.45) is 0 Å². The van der Waals surface area contributed by atoms with Gasteiger partial charge < -0.3 is 5.32 Å². The molecule has 19 heavy (non-hydrogen) atoms. The molecular formula is C13H10F4N2. The van der Waals surface area contributed by atoms with Crippen molar-refractivity contribution < 1.29 is 17.6 Å². The largest absolute Gasteiger partial charge is 0.416 e. The van der Waals surface area contributed by atoms with Crippen molar-refractivity contribution in [3.05, 3.63) is 53.5 Å². The fourth-order valence-corrected chi connectivity index (χ4v) is 1.54. The lowest BCUT2D eigenvalue weighted by atomic mass is 10.2. The van der Waals surface area contributed by atoms with Crippen LogP contribution in [-0.2, 0) is 6.18 Å².